The standard InChI is InChI=1S/C15H26N2O/c1-11-6-12(2)8-17(7-11)15(18)10-16-9-13-4-3-5-14(13)16/h11-14H,3-10H2,1-2H3/t11-,12+,13-,14-/m1/s1. The Bertz CT molecular complexity index is 320. The molecule has 102 valence electrons. The lowest BCUT2D eigenvalue weighted by Gasteiger charge is -2.45. The Morgan fingerprint density at radius 3 is 2.50 bits per heavy atom. The second kappa shape index (κ2) is 4.84. The second-order valence-corrected chi connectivity index (χ2v) is 6.93. The predicted molar refractivity (Wildman–Crippen MR) is 72.2 cm³/mol. The summed E-state index contributed by atoms with van der Waals surface area (Å²) < 4.78 is 0. The van der Waals surface area contributed by atoms with Gasteiger partial charge in [-0.05, 0) is 37.0 Å². The monoisotopic (exact) mass is 250 g/mol. The number of hydrogen-bond donors (Lipinski definition) is 0. The van der Waals surface area contributed by atoms with Gasteiger partial charge in [0.25, 0.3) is 0 Å². The number of likely N-dealkylation sites (tertiary alicyclic amines) is 2. The van der Waals surface area contributed by atoms with Gasteiger partial charge in [0.1, 0.15) is 0 Å². The van der Waals surface area contributed by atoms with E-state index in [0.29, 0.717) is 24.3 Å². The zero-order chi connectivity index (χ0) is 12.7. The van der Waals surface area contributed by atoms with E-state index in [1.54, 1.807) is 0 Å². The maximum absolute atomic E-state index is 12.4. The van der Waals surface area contributed by atoms with Crippen LogP contribution >= 0.6 is 0 Å². The van der Waals surface area contributed by atoms with Gasteiger partial charge < -0.3 is 4.90 Å². The van der Waals surface area contributed by atoms with Crippen molar-refractivity contribution in [3.63, 3.8) is 0 Å². The summed E-state index contributed by atoms with van der Waals surface area (Å²) in [6.07, 6.45) is 5.37. The maximum Gasteiger partial charge on any atom is 0.236 e. The van der Waals surface area contributed by atoms with E-state index in [4.69, 9.17) is 0 Å². The zero-order valence-corrected chi connectivity index (χ0v) is 11.8. The van der Waals surface area contributed by atoms with Gasteiger partial charge >= 0.3 is 0 Å². The van der Waals surface area contributed by atoms with Crippen LogP contribution in [0.15, 0.2) is 0 Å². The molecule has 3 heteroatoms. The van der Waals surface area contributed by atoms with Gasteiger partial charge in [0.05, 0.1) is 6.54 Å². The molecule has 0 radical (unpaired) electrons. The third-order valence-corrected chi connectivity index (χ3v) is 5.12. The molecule has 18 heavy (non-hydrogen) atoms. The molecule has 1 aliphatic carbocycles. The molecule has 0 aromatic rings. The summed E-state index contributed by atoms with van der Waals surface area (Å²) in [5.41, 5.74) is 0. The fourth-order valence-corrected chi connectivity index (χ4v) is 4.33. The average molecular weight is 250 g/mol. The Hall–Kier alpha value is -0.570. The Morgan fingerprint density at radius 2 is 1.83 bits per heavy atom. The van der Waals surface area contributed by atoms with Gasteiger partial charge in [-0.15, -0.1) is 0 Å². The molecule has 0 aromatic carbocycles. The lowest BCUT2D eigenvalue weighted by atomic mass is 9.90. The molecule has 1 saturated carbocycles. The normalized spacial score (nSPS) is 40.4. The van der Waals surface area contributed by atoms with Gasteiger partial charge in [-0.25, -0.2) is 0 Å². The predicted octanol–water partition coefficient (Wildman–Crippen LogP) is 1.98. The van der Waals surface area contributed by atoms with Crippen LogP contribution < -0.4 is 0 Å². The highest BCUT2D eigenvalue weighted by Gasteiger charge is 2.43. The van der Waals surface area contributed by atoms with Crippen LogP contribution in [-0.4, -0.2) is 47.9 Å². The quantitative estimate of drug-likeness (QED) is 0.748. The summed E-state index contributed by atoms with van der Waals surface area (Å²) in [6, 6.07) is 0.744. The smallest absolute Gasteiger partial charge is 0.236 e. The highest BCUT2D eigenvalue weighted by molar-refractivity contribution is 5.78. The second-order valence-electron chi connectivity index (χ2n) is 6.93. The van der Waals surface area contributed by atoms with Gasteiger partial charge in [0.2, 0.25) is 5.91 Å². The van der Waals surface area contributed by atoms with Crippen molar-refractivity contribution in [3.8, 4) is 0 Å². The first-order valence-corrected chi connectivity index (χ1v) is 7.65. The van der Waals surface area contributed by atoms with Gasteiger partial charge in [0.15, 0.2) is 0 Å². The van der Waals surface area contributed by atoms with Crippen LogP contribution in [0.25, 0.3) is 0 Å². The number of amides is 1. The molecule has 2 saturated heterocycles. The summed E-state index contributed by atoms with van der Waals surface area (Å²) in [5.74, 6) is 2.64. The summed E-state index contributed by atoms with van der Waals surface area (Å²) in [6.45, 7) is 8.35. The van der Waals surface area contributed by atoms with Gasteiger partial charge in [-0.1, -0.05) is 20.3 Å². The molecule has 3 aliphatic rings. The molecule has 0 unspecified atom stereocenters. The van der Waals surface area contributed by atoms with Crippen molar-refractivity contribution in [1.82, 2.24) is 9.80 Å². The number of carbonyl (C=O) groups excluding carboxylic acids is 1. The molecular formula is C15H26N2O. The highest BCUT2D eigenvalue weighted by atomic mass is 16.2. The average Bonchev–Trinajstić information content (AvgIpc) is 2.66. The third-order valence-electron chi connectivity index (χ3n) is 5.12. The van der Waals surface area contributed by atoms with Gasteiger partial charge in [-0.2, -0.15) is 0 Å². The summed E-state index contributed by atoms with van der Waals surface area (Å²) in [4.78, 5) is 16.9. The van der Waals surface area contributed by atoms with Crippen molar-refractivity contribution in [3.05, 3.63) is 0 Å². The topological polar surface area (TPSA) is 23.6 Å². The first kappa shape index (κ1) is 12.5. The Balaban J connectivity index is 1.52. The molecule has 1 amide bonds. The molecule has 0 bridgehead atoms. The fraction of sp³-hybridized carbons (Fsp3) is 0.933. The summed E-state index contributed by atoms with van der Waals surface area (Å²) in [5, 5.41) is 0. The van der Waals surface area contributed by atoms with Crippen molar-refractivity contribution in [2.24, 2.45) is 17.8 Å². The SMILES string of the molecule is C[C@@H]1C[C@H](C)CN(C(=O)CN2C[C@H]3CCC[C@H]32)C1. The lowest BCUT2D eigenvalue weighted by Crippen LogP contribution is -2.57. The summed E-state index contributed by atoms with van der Waals surface area (Å²) >= 11 is 0. The molecule has 0 N–H and O–H groups in total. The van der Waals surface area contributed by atoms with Crippen molar-refractivity contribution < 1.29 is 4.79 Å². The molecule has 2 aliphatic heterocycles. The van der Waals surface area contributed by atoms with Crippen LogP contribution in [0.1, 0.15) is 39.5 Å². The van der Waals surface area contributed by atoms with E-state index >= 15 is 0 Å². The van der Waals surface area contributed by atoms with Crippen LogP contribution in [0.3, 0.4) is 0 Å². The van der Waals surface area contributed by atoms with Crippen LogP contribution in [0.5, 0.6) is 0 Å². The largest absolute Gasteiger partial charge is 0.341 e. The van der Waals surface area contributed by atoms with Gasteiger partial charge in [0, 0.05) is 25.7 Å². The molecular weight excluding hydrogens is 224 g/mol. The van der Waals surface area contributed by atoms with E-state index in [2.05, 4.69) is 23.6 Å². The van der Waals surface area contributed by atoms with Crippen molar-refractivity contribution in [1.29, 1.82) is 0 Å². The van der Waals surface area contributed by atoms with E-state index in [0.717, 1.165) is 25.0 Å². The minimum Gasteiger partial charge on any atom is -0.341 e. The lowest BCUT2D eigenvalue weighted by molar-refractivity contribution is -0.138. The number of hydrogen-bond acceptors (Lipinski definition) is 2. The van der Waals surface area contributed by atoms with Crippen LogP contribution in [0.2, 0.25) is 0 Å². The number of fused-ring (bicyclic) bond motifs is 1. The molecule has 2 heterocycles. The van der Waals surface area contributed by atoms with Crippen molar-refractivity contribution >= 4 is 5.91 Å². The highest BCUT2D eigenvalue weighted by Crippen LogP contribution is 2.38. The van der Waals surface area contributed by atoms with Gasteiger partial charge in [-0.3, -0.25) is 9.69 Å². The first-order chi connectivity index (χ1) is 8.63. The Morgan fingerprint density at radius 1 is 1.11 bits per heavy atom. The summed E-state index contributed by atoms with van der Waals surface area (Å²) in [7, 11) is 0. The maximum atomic E-state index is 12.4. The van der Waals surface area contributed by atoms with E-state index < -0.39 is 0 Å². The molecule has 0 aromatic heterocycles. The number of rotatable bonds is 2. The fourth-order valence-electron chi connectivity index (χ4n) is 4.33. The molecule has 3 rings (SSSR count). The zero-order valence-electron chi connectivity index (χ0n) is 11.8. The molecule has 3 fully saturated rings. The molecule has 4 atom stereocenters. The number of carbonyl (C=O) groups is 1. The van der Waals surface area contributed by atoms with E-state index in [9.17, 15) is 4.79 Å². The van der Waals surface area contributed by atoms with E-state index in [1.165, 1.54) is 32.2 Å². The minimum absolute atomic E-state index is 0.374. The molecule has 3 nitrogen and oxygen atoms in total. The Labute approximate surface area is 111 Å². The van der Waals surface area contributed by atoms with Crippen LogP contribution in [0.4, 0.5) is 0 Å². The number of piperidine rings is 1. The Kier molecular flexibility index (Phi) is 3.35. The first-order valence-electron chi connectivity index (χ1n) is 7.65. The van der Waals surface area contributed by atoms with Crippen LogP contribution in [0, 0.1) is 17.8 Å². The van der Waals surface area contributed by atoms with Crippen molar-refractivity contribution in [2.45, 2.75) is 45.6 Å². The molecule has 0 spiro atoms. The van der Waals surface area contributed by atoms with E-state index in [1.807, 2.05) is 0 Å². The van der Waals surface area contributed by atoms with Crippen molar-refractivity contribution in [2.75, 3.05) is 26.2 Å². The third kappa shape index (κ3) is 2.29. The minimum atomic E-state index is 0.374. The number of nitrogens with zero attached hydrogens (tertiary/aromatic N) is 2. The van der Waals surface area contributed by atoms with E-state index in [-0.39, 0.29) is 0 Å². The van der Waals surface area contributed by atoms with Crippen LogP contribution in [-0.2, 0) is 4.79 Å².